The van der Waals surface area contributed by atoms with Gasteiger partial charge in [-0.2, -0.15) is 0 Å². The quantitative estimate of drug-likeness (QED) is 0.771. The first-order valence-corrected chi connectivity index (χ1v) is 7.72. The highest BCUT2D eigenvalue weighted by atomic mass is 79.9. The lowest BCUT2D eigenvalue weighted by Crippen LogP contribution is -2.01. The van der Waals surface area contributed by atoms with Crippen LogP contribution in [-0.2, 0) is 6.42 Å². The van der Waals surface area contributed by atoms with Crippen molar-refractivity contribution < 1.29 is 5.11 Å². The van der Waals surface area contributed by atoms with E-state index in [0.717, 1.165) is 19.8 Å². The molecule has 0 aliphatic rings. The molecule has 1 atom stereocenters. The number of rotatable bonds is 3. The van der Waals surface area contributed by atoms with Crippen molar-refractivity contribution >= 4 is 50.5 Å². The fourth-order valence-corrected chi connectivity index (χ4v) is 3.78. The number of aliphatic hydroxyl groups excluding tert-OH is 1. The van der Waals surface area contributed by atoms with Crippen LogP contribution < -0.4 is 0 Å². The molecule has 5 heteroatoms. The van der Waals surface area contributed by atoms with Crippen molar-refractivity contribution in [3.05, 3.63) is 54.1 Å². The predicted octanol–water partition coefficient (Wildman–Crippen LogP) is 5.40. The zero-order valence-corrected chi connectivity index (χ0v) is 13.5. The zero-order valence-electron chi connectivity index (χ0n) is 9.58. The Balaban J connectivity index is 2.23. The van der Waals surface area contributed by atoms with Gasteiger partial charge in [-0.25, -0.2) is 0 Å². The Hall–Kier alpha value is -0.0600. The van der Waals surface area contributed by atoms with Gasteiger partial charge in [-0.3, -0.25) is 0 Å². The Morgan fingerprint density at radius 2 is 1.94 bits per heavy atom. The Bertz CT molecular complexity index is 528. The van der Waals surface area contributed by atoms with Crippen LogP contribution in [0.5, 0.6) is 0 Å². The Morgan fingerprint density at radius 1 is 1.33 bits per heavy atom. The number of benzene rings is 1. The van der Waals surface area contributed by atoms with E-state index in [1.807, 2.05) is 13.0 Å². The Labute approximate surface area is 128 Å². The van der Waals surface area contributed by atoms with E-state index in [0.29, 0.717) is 16.5 Å². The monoisotopic (exact) mass is 364 g/mol. The van der Waals surface area contributed by atoms with E-state index in [4.69, 9.17) is 23.2 Å². The summed E-state index contributed by atoms with van der Waals surface area (Å²) >= 11 is 17.2. The Kier molecular flexibility index (Phi) is 4.73. The van der Waals surface area contributed by atoms with E-state index in [1.54, 1.807) is 18.2 Å². The van der Waals surface area contributed by atoms with Crippen molar-refractivity contribution in [2.75, 3.05) is 0 Å². The average Bonchev–Trinajstić information content (AvgIpc) is 2.64. The van der Waals surface area contributed by atoms with Gasteiger partial charge >= 0.3 is 0 Å². The molecule has 18 heavy (non-hydrogen) atoms. The van der Waals surface area contributed by atoms with E-state index in [-0.39, 0.29) is 0 Å². The molecular weight excluding hydrogens is 355 g/mol. The number of aliphatic hydroxyl groups is 1. The van der Waals surface area contributed by atoms with Gasteiger partial charge in [0, 0.05) is 21.3 Å². The summed E-state index contributed by atoms with van der Waals surface area (Å²) in [5.74, 6) is 0. The molecule has 1 aromatic heterocycles. The second-order valence-corrected chi connectivity index (χ2v) is 7.24. The summed E-state index contributed by atoms with van der Waals surface area (Å²) in [6.45, 7) is 2.00. The van der Waals surface area contributed by atoms with E-state index < -0.39 is 6.10 Å². The van der Waals surface area contributed by atoms with Crippen LogP contribution in [0, 0.1) is 6.92 Å². The first-order valence-electron chi connectivity index (χ1n) is 5.36. The first kappa shape index (κ1) is 14.4. The zero-order chi connectivity index (χ0) is 13.3. The first-order chi connectivity index (χ1) is 8.49. The molecule has 0 amide bonds. The van der Waals surface area contributed by atoms with E-state index >= 15 is 0 Å². The topological polar surface area (TPSA) is 20.2 Å². The van der Waals surface area contributed by atoms with Crippen LogP contribution >= 0.6 is 50.5 Å². The summed E-state index contributed by atoms with van der Waals surface area (Å²) in [7, 11) is 0. The largest absolute Gasteiger partial charge is 0.387 e. The molecular formula is C13H11BrCl2OS. The van der Waals surface area contributed by atoms with Crippen LogP contribution in [0.1, 0.15) is 22.1 Å². The number of halogens is 3. The van der Waals surface area contributed by atoms with Crippen molar-refractivity contribution in [2.24, 2.45) is 0 Å². The lowest BCUT2D eigenvalue weighted by atomic mass is 10.1. The Morgan fingerprint density at radius 3 is 2.44 bits per heavy atom. The highest BCUT2D eigenvalue weighted by Crippen LogP contribution is 2.35. The van der Waals surface area contributed by atoms with Crippen molar-refractivity contribution in [3.8, 4) is 0 Å². The molecule has 0 spiro atoms. The van der Waals surface area contributed by atoms with Gasteiger partial charge in [0.15, 0.2) is 0 Å². The second-order valence-electron chi connectivity index (χ2n) is 4.03. The minimum absolute atomic E-state index is 0.422. The average molecular weight is 366 g/mol. The summed E-state index contributed by atoms with van der Waals surface area (Å²) in [5, 5.41) is 11.4. The van der Waals surface area contributed by atoms with Gasteiger partial charge in [-0.1, -0.05) is 29.3 Å². The van der Waals surface area contributed by atoms with Crippen LogP contribution in [0.15, 0.2) is 28.1 Å². The number of hydrogen-bond acceptors (Lipinski definition) is 2. The molecule has 1 nitrogen and oxygen atoms in total. The lowest BCUT2D eigenvalue weighted by molar-refractivity contribution is 0.182. The molecule has 0 bridgehead atoms. The summed E-state index contributed by atoms with van der Waals surface area (Å²) < 4.78 is 1.04. The maximum Gasteiger partial charge on any atom is 0.0923 e. The fraction of sp³-hybridized carbons (Fsp3) is 0.231. The SMILES string of the molecule is Cc1cc(C(O)Cc2c(Cl)cccc2Cl)sc1Br. The van der Waals surface area contributed by atoms with Crippen LogP contribution in [0.25, 0.3) is 0 Å². The van der Waals surface area contributed by atoms with E-state index in [9.17, 15) is 5.11 Å². The second kappa shape index (κ2) is 5.93. The molecule has 1 heterocycles. The molecule has 1 unspecified atom stereocenters. The van der Waals surface area contributed by atoms with Crippen molar-refractivity contribution in [3.63, 3.8) is 0 Å². The van der Waals surface area contributed by atoms with Gasteiger partial charge in [-0.05, 0) is 52.2 Å². The van der Waals surface area contributed by atoms with E-state index in [2.05, 4.69) is 15.9 Å². The third kappa shape index (κ3) is 3.09. The molecule has 0 saturated carbocycles. The van der Waals surface area contributed by atoms with Crippen LogP contribution in [0.2, 0.25) is 10.0 Å². The summed E-state index contributed by atoms with van der Waals surface area (Å²) in [4.78, 5) is 0.912. The fourth-order valence-electron chi connectivity index (χ4n) is 1.67. The molecule has 0 radical (unpaired) electrons. The summed E-state index contributed by atoms with van der Waals surface area (Å²) in [6, 6.07) is 7.34. The van der Waals surface area contributed by atoms with Gasteiger partial charge < -0.3 is 5.11 Å². The minimum atomic E-state index is -0.586. The van der Waals surface area contributed by atoms with Crippen molar-refractivity contribution in [2.45, 2.75) is 19.4 Å². The molecule has 1 aromatic carbocycles. The van der Waals surface area contributed by atoms with Gasteiger partial charge in [0.2, 0.25) is 0 Å². The predicted molar refractivity (Wildman–Crippen MR) is 81.9 cm³/mol. The lowest BCUT2D eigenvalue weighted by Gasteiger charge is -2.11. The van der Waals surface area contributed by atoms with Crippen LogP contribution in [0.4, 0.5) is 0 Å². The molecule has 0 saturated heterocycles. The number of thiophene rings is 1. The highest BCUT2D eigenvalue weighted by molar-refractivity contribution is 9.11. The third-order valence-corrected chi connectivity index (χ3v) is 5.61. The molecule has 2 aromatic rings. The number of aryl methyl sites for hydroxylation is 1. The van der Waals surface area contributed by atoms with Gasteiger partial charge in [-0.15, -0.1) is 11.3 Å². The molecule has 96 valence electrons. The van der Waals surface area contributed by atoms with Crippen molar-refractivity contribution in [1.82, 2.24) is 0 Å². The van der Waals surface area contributed by atoms with Gasteiger partial charge in [0.1, 0.15) is 0 Å². The maximum absolute atomic E-state index is 10.2. The molecule has 0 fully saturated rings. The molecule has 0 aliphatic heterocycles. The molecule has 1 N–H and O–H groups in total. The van der Waals surface area contributed by atoms with Crippen molar-refractivity contribution in [1.29, 1.82) is 0 Å². The summed E-state index contributed by atoms with van der Waals surface area (Å²) in [6.07, 6.45) is -0.164. The van der Waals surface area contributed by atoms with Gasteiger partial charge in [0.25, 0.3) is 0 Å². The van der Waals surface area contributed by atoms with E-state index in [1.165, 1.54) is 11.3 Å². The number of hydrogen-bond donors (Lipinski definition) is 1. The highest BCUT2D eigenvalue weighted by Gasteiger charge is 2.16. The molecule has 0 aliphatic carbocycles. The van der Waals surface area contributed by atoms with Crippen LogP contribution in [-0.4, -0.2) is 5.11 Å². The van der Waals surface area contributed by atoms with Gasteiger partial charge in [0.05, 0.1) is 9.89 Å². The van der Waals surface area contributed by atoms with Crippen LogP contribution in [0.3, 0.4) is 0 Å². The maximum atomic E-state index is 10.2. The molecule has 2 rings (SSSR count). The smallest absolute Gasteiger partial charge is 0.0923 e. The third-order valence-electron chi connectivity index (χ3n) is 2.66. The summed E-state index contributed by atoms with van der Waals surface area (Å²) in [5.41, 5.74) is 1.91. The normalized spacial score (nSPS) is 12.7. The standard InChI is InChI=1S/C13H11BrCl2OS/c1-7-5-12(18-13(7)14)11(17)6-8-9(15)3-2-4-10(8)16/h2-5,11,17H,6H2,1H3. The minimum Gasteiger partial charge on any atom is -0.387 e.